The molecule has 0 aliphatic rings. The Morgan fingerprint density at radius 3 is 2.34 bits per heavy atom. The summed E-state index contributed by atoms with van der Waals surface area (Å²) in [6.45, 7) is 5.81. The van der Waals surface area contributed by atoms with Crippen molar-refractivity contribution >= 4 is 61.0 Å². The molecule has 2 aromatic carbocycles. The van der Waals surface area contributed by atoms with Gasteiger partial charge in [0.05, 0.1) is 4.47 Å². The number of benzene rings is 2. The van der Waals surface area contributed by atoms with E-state index in [0.29, 0.717) is 17.2 Å². The number of ether oxygens (including phenoxy) is 1. The zero-order chi connectivity index (χ0) is 21.6. The maximum Gasteiger partial charge on any atom is 0.276 e. The second-order valence-corrected chi connectivity index (χ2v) is 8.73. The molecule has 0 bridgehead atoms. The summed E-state index contributed by atoms with van der Waals surface area (Å²) in [5, 5.41) is 2.50. The van der Waals surface area contributed by atoms with Gasteiger partial charge in [-0.05, 0) is 76.4 Å². The number of thiocarbonyl (C=S) groups is 1. The number of hydrogen-bond acceptors (Lipinski definition) is 4. The minimum absolute atomic E-state index is 0.0164. The van der Waals surface area contributed by atoms with Crippen molar-refractivity contribution in [2.45, 2.75) is 26.7 Å². The van der Waals surface area contributed by atoms with Crippen molar-refractivity contribution in [1.82, 2.24) is 16.2 Å². The summed E-state index contributed by atoms with van der Waals surface area (Å²) in [6, 6.07) is 11.0. The molecule has 0 unspecified atom stereocenters. The van der Waals surface area contributed by atoms with Crippen LogP contribution in [0.2, 0.25) is 0 Å². The van der Waals surface area contributed by atoms with Gasteiger partial charge < -0.3 is 4.74 Å². The monoisotopic (exact) mass is 541 g/mol. The standard InChI is InChI=1S/C20H21Br2N3O3S/c1-11(2)13-4-6-14(7-5-13)19(27)23-20(29)25-24-17(26)10-28-18-12(3)8-15(21)9-16(18)22/h4-9,11H,10H2,1-3H3,(H,24,26)(H2,23,25,27,29). The predicted octanol–water partition coefficient (Wildman–Crippen LogP) is 4.36. The summed E-state index contributed by atoms with van der Waals surface area (Å²) >= 11 is 11.8. The molecule has 2 rings (SSSR count). The fourth-order valence-electron chi connectivity index (χ4n) is 2.40. The molecule has 2 aromatic rings. The van der Waals surface area contributed by atoms with E-state index in [2.05, 4.69) is 61.9 Å². The van der Waals surface area contributed by atoms with E-state index in [1.165, 1.54) is 0 Å². The molecule has 0 atom stereocenters. The number of carbonyl (C=O) groups excluding carboxylic acids is 2. The second kappa shape index (κ2) is 10.7. The number of hydrogen-bond donors (Lipinski definition) is 3. The van der Waals surface area contributed by atoms with Crippen LogP contribution in [0.4, 0.5) is 0 Å². The first-order chi connectivity index (χ1) is 13.7. The van der Waals surface area contributed by atoms with E-state index < -0.39 is 5.91 Å². The van der Waals surface area contributed by atoms with Crippen LogP contribution in [0.3, 0.4) is 0 Å². The number of carbonyl (C=O) groups is 2. The molecule has 0 saturated carbocycles. The Hall–Kier alpha value is -1.97. The maximum atomic E-state index is 12.2. The van der Waals surface area contributed by atoms with Crippen molar-refractivity contribution in [3.63, 3.8) is 0 Å². The highest BCUT2D eigenvalue weighted by Gasteiger charge is 2.11. The number of hydrazine groups is 1. The van der Waals surface area contributed by atoms with Crippen molar-refractivity contribution < 1.29 is 14.3 Å². The van der Waals surface area contributed by atoms with Gasteiger partial charge in [0.15, 0.2) is 11.7 Å². The average molecular weight is 543 g/mol. The molecule has 9 heteroatoms. The van der Waals surface area contributed by atoms with Crippen LogP contribution in [0.15, 0.2) is 45.3 Å². The highest BCUT2D eigenvalue weighted by molar-refractivity contribution is 9.11. The van der Waals surface area contributed by atoms with Crippen molar-refractivity contribution in [2.24, 2.45) is 0 Å². The predicted molar refractivity (Wildman–Crippen MR) is 124 cm³/mol. The van der Waals surface area contributed by atoms with E-state index in [0.717, 1.165) is 20.1 Å². The van der Waals surface area contributed by atoms with E-state index >= 15 is 0 Å². The minimum atomic E-state index is -0.447. The van der Waals surface area contributed by atoms with E-state index in [1.807, 2.05) is 31.2 Å². The molecule has 0 heterocycles. The third-order valence-electron chi connectivity index (χ3n) is 3.92. The SMILES string of the molecule is Cc1cc(Br)cc(Br)c1OCC(=O)NNC(=S)NC(=O)c1ccc(C(C)C)cc1. The summed E-state index contributed by atoms with van der Waals surface area (Å²) in [7, 11) is 0. The summed E-state index contributed by atoms with van der Waals surface area (Å²) < 4.78 is 7.18. The Kier molecular flexibility index (Phi) is 8.60. The molecule has 0 spiro atoms. The Morgan fingerprint density at radius 1 is 1.10 bits per heavy atom. The minimum Gasteiger partial charge on any atom is -0.482 e. The molecule has 6 nitrogen and oxygen atoms in total. The lowest BCUT2D eigenvalue weighted by molar-refractivity contribution is -0.123. The topological polar surface area (TPSA) is 79.5 Å². The van der Waals surface area contributed by atoms with Crippen LogP contribution >= 0.6 is 44.1 Å². The lowest BCUT2D eigenvalue weighted by Crippen LogP contribution is -2.49. The molecule has 0 aliphatic heterocycles. The number of rotatable bonds is 5. The number of halogens is 2. The first-order valence-electron chi connectivity index (χ1n) is 8.76. The second-order valence-electron chi connectivity index (χ2n) is 6.56. The quantitative estimate of drug-likeness (QED) is 0.386. The molecule has 29 heavy (non-hydrogen) atoms. The van der Waals surface area contributed by atoms with Gasteiger partial charge in [0.25, 0.3) is 11.8 Å². The molecule has 0 saturated heterocycles. The van der Waals surface area contributed by atoms with Crippen LogP contribution in [-0.4, -0.2) is 23.5 Å². The molecule has 0 aliphatic carbocycles. The molecule has 0 fully saturated rings. The number of amides is 2. The van der Waals surface area contributed by atoms with E-state index in [9.17, 15) is 9.59 Å². The molecule has 0 radical (unpaired) electrons. The molecule has 3 N–H and O–H groups in total. The van der Waals surface area contributed by atoms with E-state index in [4.69, 9.17) is 17.0 Å². The Labute approximate surface area is 192 Å². The Balaban J connectivity index is 1.80. The van der Waals surface area contributed by atoms with E-state index in [1.54, 1.807) is 12.1 Å². The first-order valence-corrected chi connectivity index (χ1v) is 10.8. The van der Waals surface area contributed by atoms with E-state index in [-0.39, 0.29) is 17.6 Å². The van der Waals surface area contributed by atoms with Crippen LogP contribution in [0, 0.1) is 6.92 Å². The van der Waals surface area contributed by atoms with Crippen LogP contribution in [-0.2, 0) is 4.79 Å². The third-order valence-corrected chi connectivity index (χ3v) is 5.17. The van der Waals surface area contributed by atoms with Gasteiger partial charge >= 0.3 is 0 Å². The molecule has 154 valence electrons. The van der Waals surface area contributed by atoms with Crippen LogP contribution < -0.4 is 20.9 Å². The third kappa shape index (κ3) is 7.09. The molecular weight excluding hydrogens is 522 g/mol. The van der Waals surface area contributed by atoms with Crippen LogP contribution in [0.25, 0.3) is 0 Å². The van der Waals surface area contributed by atoms with Crippen molar-refractivity contribution in [1.29, 1.82) is 0 Å². The lowest BCUT2D eigenvalue weighted by Gasteiger charge is -2.13. The smallest absolute Gasteiger partial charge is 0.276 e. The Morgan fingerprint density at radius 2 is 1.76 bits per heavy atom. The van der Waals surface area contributed by atoms with Crippen molar-refractivity contribution in [3.05, 3.63) is 62.0 Å². The van der Waals surface area contributed by atoms with Crippen LogP contribution in [0.1, 0.15) is 41.3 Å². The summed E-state index contributed by atoms with van der Waals surface area (Å²) in [6.07, 6.45) is 0. The summed E-state index contributed by atoms with van der Waals surface area (Å²) in [4.78, 5) is 24.2. The summed E-state index contributed by atoms with van der Waals surface area (Å²) in [5.74, 6) is 0.146. The van der Waals surface area contributed by atoms with Crippen molar-refractivity contribution in [2.75, 3.05) is 6.61 Å². The fraction of sp³-hybridized carbons (Fsp3) is 0.250. The Bertz CT molecular complexity index is 895. The number of aryl methyl sites for hydroxylation is 1. The highest BCUT2D eigenvalue weighted by atomic mass is 79.9. The highest BCUT2D eigenvalue weighted by Crippen LogP contribution is 2.32. The maximum absolute atomic E-state index is 12.2. The van der Waals surface area contributed by atoms with Gasteiger partial charge in [0.1, 0.15) is 5.75 Å². The zero-order valence-corrected chi connectivity index (χ0v) is 20.1. The van der Waals surface area contributed by atoms with Gasteiger partial charge in [-0.2, -0.15) is 0 Å². The lowest BCUT2D eigenvalue weighted by atomic mass is 10.0. The molecular formula is C20H21Br2N3O3S. The first kappa shape index (κ1) is 23.3. The average Bonchev–Trinajstić information content (AvgIpc) is 2.65. The van der Waals surface area contributed by atoms with Gasteiger partial charge in [0.2, 0.25) is 0 Å². The van der Waals surface area contributed by atoms with Gasteiger partial charge in [-0.25, -0.2) is 0 Å². The normalized spacial score (nSPS) is 10.4. The van der Waals surface area contributed by atoms with Gasteiger partial charge in [-0.3, -0.25) is 25.8 Å². The van der Waals surface area contributed by atoms with Gasteiger partial charge in [0, 0.05) is 10.0 Å². The van der Waals surface area contributed by atoms with Gasteiger partial charge in [-0.1, -0.05) is 41.9 Å². The molecule has 0 aromatic heterocycles. The number of nitrogens with one attached hydrogen (secondary N) is 3. The largest absolute Gasteiger partial charge is 0.482 e. The fourth-order valence-corrected chi connectivity index (χ4v) is 4.10. The van der Waals surface area contributed by atoms with Gasteiger partial charge in [-0.15, -0.1) is 0 Å². The summed E-state index contributed by atoms with van der Waals surface area (Å²) in [5.41, 5.74) is 7.37. The van der Waals surface area contributed by atoms with Crippen LogP contribution in [0.5, 0.6) is 5.75 Å². The molecule has 2 amide bonds. The van der Waals surface area contributed by atoms with Crippen molar-refractivity contribution in [3.8, 4) is 5.75 Å². The zero-order valence-electron chi connectivity index (χ0n) is 16.1.